The second kappa shape index (κ2) is 9.31. The van der Waals surface area contributed by atoms with Crippen LogP contribution in [0.4, 0.5) is 13.2 Å². The van der Waals surface area contributed by atoms with Crippen LogP contribution < -0.4 is 5.69 Å². The van der Waals surface area contributed by atoms with Gasteiger partial charge in [0.1, 0.15) is 12.2 Å². The Morgan fingerprint density at radius 1 is 1.18 bits per heavy atom. The van der Waals surface area contributed by atoms with Crippen LogP contribution in [0.1, 0.15) is 62.0 Å². The van der Waals surface area contributed by atoms with Gasteiger partial charge in [0.05, 0.1) is 27.8 Å². The van der Waals surface area contributed by atoms with Crippen molar-refractivity contribution in [2.24, 2.45) is 13.0 Å². The van der Waals surface area contributed by atoms with Crippen LogP contribution in [-0.4, -0.2) is 52.4 Å². The third kappa shape index (κ3) is 4.54. The first-order chi connectivity index (χ1) is 18.9. The number of imidazole rings is 1. The molecule has 1 N–H and O–H groups in total. The molecule has 1 saturated heterocycles. The number of alkyl halides is 3. The van der Waals surface area contributed by atoms with Gasteiger partial charge < -0.3 is 9.67 Å². The Bertz CT molecular complexity index is 1620. The monoisotopic (exact) mass is 554 g/mol. The Labute approximate surface area is 229 Å². The first kappa shape index (κ1) is 26.8. The van der Waals surface area contributed by atoms with Crippen LogP contribution in [-0.2, 0) is 25.2 Å². The fourth-order valence-corrected chi connectivity index (χ4v) is 6.84. The summed E-state index contributed by atoms with van der Waals surface area (Å²) in [5.41, 5.74) is -1.40. The van der Waals surface area contributed by atoms with E-state index in [9.17, 15) is 23.1 Å². The van der Waals surface area contributed by atoms with Crippen molar-refractivity contribution in [3.05, 3.63) is 82.1 Å². The van der Waals surface area contributed by atoms with E-state index in [2.05, 4.69) is 22.0 Å². The Kier molecular flexibility index (Phi) is 6.23. The van der Waals surface area contributed by atoms with Crippen LogP contribution in [0.2, 0.25) is 0 Å². The maximum atomic E-state index is 14.2. The predicted octanol–water partition coefficient (Wildman–Crippen LogP) is 4.30. The van der Waals surface area contributed by atoms with Gasteiger partial charge in [-0.3, -0.25) is 13.9 Å². The fourth-order valence-electron chi connectivity index (χ4n) is 6.84. The molecule has 212 valence electrons. The van der Waals surface area contributed by atoms with E-state index in [1.807, 2.05) is 13.1 Å². The summed E-state index contributed by atoms with van der Waals surface area (Å²) >= 11 is 0. The van der Waals surface area contributed by atoms with Gasteiger partial charge in [0.15, 0.2) is 0 Å². The molecule has 0 unspecified atom stereocenters. The second-order valence-electron chi connectivity index (χ2n) is 12.0. The number of pyridine rings is 1. The minimum Gasteiger partial charge on any atom is -0.390 e. The van der Waals surface area contributed by atoms with Gasteiger partial charge in [0.2, 0.25) is 0 Å². The number of hydrogen-bond donors (Lipinski definition) is 1. The Balaban J connectivity index is 1.44. The molecule has 0 radical (unpaired) electrons. The van der Waals surface area contributed by atoms with Crippen LogP contribution in [0.15, 0.2) is 53.8 Å². The molecule has 1 aliphatic heterocycles. The van der Waals surface area contributed by atoms with E-state index in [-0.39, 0.29) is 5.52 Å². The molecule has 0 amide bonds. The molecule has 1 aromatic carbocycles. The molecule has 1 saturated carbocycles. The van der Waals surface area contributed by atoms with Crippen LogP contribution in [0.3, 0.4) is 0 Å². The standard InChI is InChI=1S/C29H33F3N6O2/c1-19-6-5-9-36(12-19)13-20-10-23(29(30,31)32)24-15-37(26(39)38(24)14-20)22-8-4-7-21(11-22)28(16-27(2,40)17-28)25-34-33-18-35(25)3/h4,7-8,10-11,14-15,18-19,40H,5-6,9,12-13,16-17H2,1-3H3/t19-,27-,28-/m0/s1. The van der Waals surface area contributed by atoms with Crippen molar-refractivity contribution in [3.8, 4) is 5.69 Å². The summed E-state index contributed by atoms with van der Waals surface area (Å²) in [4.78, 5) is 15.8. The van der Waals surface area contributed by atoms with Crippen LogP contribution in [0.25, 0.3) is 11.2 Å². The SMILES string of the molecule is C[C@H]1CCCN(Cc2cc(C(F)(F)F)c3cn(-c4cccc([C@]5(c6nncn6C)C[C@](C)(O)C5)c4)c(=O)n3c2)C1. The number of aromatic nitrogens is 5. The minimum atomic E-state index is -4.62. The largest absolute Gasteiger partial charge is 0.418 e. The number of hydrogen-bond acceptors (Lipinski definition) is 5. The van der Waals surface area contributed by atoms with E-state index in [0.29, 0.717) is 42.4 Å². The van der Waals surface area contributed by atoms with Gasteiger partial charge in [-0.05, 0) is 74.4 Å². The van der Waals surface area contributed by atoms with Crippen LogP contribution >= 0.6 is 0 Å². The normalized spacial score (nSPS) is 25.8. The van der Waals surface area contributed by atoms with Gasteiger partial charge in [-0.2, -0.15) is 13.2 Å². The quantitative estimate of drug-likeness (QED) is 0.398. The maximum Gasteiger partial charge on any atom is 0.418 e. The summed E-state index contributed by atoms with van der Waals surface area (Å²) in [6.45, 7) is 5.91. The zero-order chi connectivity index (χ0) is 28.4. The fraction of sp³-hybridized carbons (Fsp3) is 0.483. The van der Waals surface area contributed by atoms with Crippen molar-refractivity contribution >= 4 is 5.52 Å². The van der Waals surface area contributed by atoms with E-state index >= 15 is 0 Å². The molecule has 3 aromatic heterocycles. The first-order valence-corrected chi connectivity index (χ1v) is 13.6. The molecule has 0 bridgehead atoms. The first-order valence-electron chi connectivity index (χ1n) is 13.6. The molecule has 4 aromatic rings. The highest BCUT2D eigenvalue weighted by molar-refractivity contribution is 5.58. The Hall–Kier alpha value is -3.44. The Morgan fingerprint density at radius 2 is 1.95 bits per heavy atom. The summed E-state index contributed by atoms with van der Waals surface area (Å²) in [6.07, 6.45) is 2.70. The average Bonchev–Trinajstić information content (AvgIpc) is 3.44. The zero-order valence-electron chi connectivity index (χ0n) is 22.8. The molecule has 1 atom stereocenters. The number of aryl methyl sites for hydroxylation is 1. The van der Waals surface area contributed by atoms with E-state index in [4.69, 9.17) is 0 Å². The summed E-state index contributed by atoms with van der Waals surface area (Å²) in [5, 5.41) is 19.0. The highest BCUT2D eigenvalue weighted by Gasteiger charge is 2.55. The van der Waals surface area contributed by atoms with Crippen LogP contribution in [0, 0.1) is 5.92 Å². The number of aliphatic hydroxyl groups is 1. The third-order valence-electron chi connectivity index (χ3n) is 8.46. The lowest BCUT2D eigenvalue weighted by molar-refractivity contribution is -0.136. The van der Waals surface area contributed by atoms with Crippen molar-refractivity contribution in [2.45, 2.75) is 63.3 Å². The number of halogens is 3. The molecule has 0 spiro atoms. The van der Waals surface area contributed by atoms with Crippen molar-refractivity contribution in [3.63, 3.8) is 0 Å². The number of likely N-dealkylation sites (tertiary alicyclic amines) is 1. The van der Waals surface area contributed by atoms with Crippen LogP contribution in [0.5, 0.6) is 0 Å². The van der Waals surface area contributed by atoms with E-state index in [1.54, 1.807) is 36.0 Å². The highest BCUT2D eigenvalue weighted by Crippen LogP contribution is 2.53. The van der Waals surface area contributed by atoms with Gasteiger partial charge in [-0.15, -0.1) is 10.2 Å². The van der Waals surface area contributed by atoms with E-state index in [1.165, 1.54) is 23.0 Å². The summed E-state index contributed by atoms with van der Waals surface area (Å²) in [5.74, 6) is 1.17. The van der Waals surface area contributed by atoms with Crippen molar-refractivity contribution in [1.29, 1.82) is 0 Å². The summed E-state index contributed by atoms with van der Waals surface area (Å²) < 4.78 is 46.9. The number of rotatable bonds is 5. The molecule has 11 heteroatoms. The third-order valence-corrected chi connectivity index (χ3v) is 8.46. The lowest BCUT2D eigenvalue weighted by Gasteiger charge is -2.51. The van der Waals surface area contributed by atoms with Gasteiger partial charge in [-0.1, -0.05) is 19.1 Å². The molecule has 4 heterocycles. The van der Waals surface area contributed by atoms with E-state index in [0.717, 1.165) is 35.9 Å². The van der Waals surface area contributed by atoms with Gasteiger partial charge >= 0.3 is 11.9 Å². The second-order valence-corrected chi connectivity index (χ2v) is 12.0. The molecule has 2 aliphatic rings. The maximum absolute atomic E-state index is 14.2. The van der Waals surface area contributed by atoms with Crippen molar-refractivity contribution in [1.82, 2.24) is 28.6 Å². The van der Waals surface area contributed by atoms with Gasteiger partial charge in [0.25, 0.3) is 0 Å². The number of nitrogens with zero attached hydrogens (tertiary/aromatic N) is 6. The van der Waals surface area contributed by atoms with Crippen molar-refractivity contribution < 1.29 is 18.3 Å². The molecule has 1 aliphatic carbocycles. The molecule has 8 nitrogen and oxygen atoms in total. The molecule has 2 fully saturated rings. The summed E-state index contributed by atoms with van der Waals surface area (Å²) in [7, 11) is 1.83. The topological polar surface area (TPSA) is 80.6 Å². The highest BCUT2D eigenvalue weighted by atomic mass is 19.4. The van der Waals surface area contributed by atoms with Crippen molar-refractivity contribution in [2.75, 3.05) is 13.1 Å². The lowest BCUT2D eigenvalue weighted by atomic mass is 9.56. The summed E-state index contributed by atoms with van der Waals surface area (Å²) in [6, 6.07) is 8.35. The molecular weight excluding hydrogens is 521 g/mol. The Morgan fingerprint density at radius 3 is 2.60 bits per heavy atom. The average molecular weight is 555 g/mol. The number of fused-ring (bicyclic) bond motifs is 1. The van der Waals surface area contributed by atoms with Gasteiger partial charge in [-0.25, -0.2) is 4.79 Å². The number of piperidine rings is 1. The van der Waals surface area contributed by atoms with Gasteiger partial charge in [0, 0.05) is 32.5 Å². The minimum absolute atomic E-state index is 0.187. The molecule has 40 heavy (non-hydrogen) atoms. The predicted molar refractivity (Wildman–Crippen MR) is 143 cm³/mol. The lowest BCUT2D eigenvalue weighted by Crippen LogP contribution is -2.54. The molecular formula is C29H33F3N6O2. The van der Waals surface area contributed by atoms with E-state index < -0.39 is 28.4 Å². The number of benzene rings is 1. The smallest absolute Gasteiger partial charge is 0.390 e. The zero-order valence-corrected chi connectivity index (χ0v) is 22.8. The molecule has 6 rings (SSSR count).